The third-order valence-corrected chi connectivity index (χ3v) is 5.05. The highest BCUT2D eigenvalue weighted by atomic mass is 16.5. The van der Waals surface area contributed by atoms with Gasteiger partial charge >= 0.3 is 12.1 Å². The van der Waals surface area contributed by atoms with Crippen LogP contribution in [0.25, 0.3) is 11.3 Å². The van der Waals surface area contributed by atoms with Crippen LogP contribution in [0.2, 0.25) is 0 Å². The Bertz CT molecular complexity index is 882. The van der Waals surface area contributed by atoms with Crippen LogP contribution in [0.4, 0.5) is 10.5 Å². The van der Waals surface area contributed by atoms with Gasteiger partial charge in [-0.05, 0) is 44.0 Å². The van der Waals surface area contributed by atoms with Gasteiger partial charge in [-0.1, -0.05) is 12.5 Å². The van der Waals surface area contributed by atoms with Gasteiger partial charge < -0.3 is 20.2 Å². The van der Waals surface area contributed by atoms with Gasteiger partial charge in [-0.3, -0.25) is 15.0 Å². The van der Waals surface area contributed by atoms with Crippen molar-refractivity contribution in [2.45, 2.75) is 38.8 Å². The highest BCUT2D eigenvalue weighted by molar-refractivity contribution is 5.85. The summed E-state index contributed by atoms with van der Waals surface area (Å²) in [5, 5.41) is 2.69. The molecule has 2 bridgehead atoms. The van der Waals surface area contributed by atoms with E-state index in [0.29, 0.717) is 18.8 Å². The number of nitrogens with two attached hydrogens (primary N) is 1. The zero-order valence-corrected chi connectivity index (χ0v) is 17.4. The number of esters is 1. The van der Waals surface area contributed by atoms with Crippen LogP contribution in [-0.2, 0) is 20.8 Å². The molecule has 0 radical (unpaired) electrons. The van der Waals surface area contributed by atoms with Gasteiger partial charge in [0, 0.05) is 24.0 Å². The number of carbonyl (C=O) groups is 2. The summed E-state index contributed by atoms with van der Waals surface area (Å²) in [6.45, 7) is 3.59. The summed E-state index contributed by atoms with van der Waals surface area (Å²) in [5.74, 6) is 0.505. The predicted molar refractivity (Wildman–Crippen MR) is 113 cm³/mol. The van der Waals surface area contributed by atoms with Crippen molar-refractivity contribution in [3.05, 3.63) is 35.8 Å². The lowest BCUT2D eigenvalue weighted by Gasteiger charge is -2.23. The molecule has 0 fully saturated rings. The molecule has 2 aromatic rings. The maximum atomic E-state index is 12.1. The first-order valence-electron chi connectivity index (χ1n) is 10.2. The van der Waals surface area contributed by atoms with Crippen molar-refractivity contribution in [1.29, 1.82) is 0 Å². The topological polar surface area (TPSA) is 123 Å². The number of H-pyrrole nitrogens is 1. The minimum atomic E-state index is -0.542. The van der Waals surface area contributed by atoms with Gasteiger partial charge in [0.25, 0.3) is 0 Å². The summed E-state index contributed by atoms with van der Waals surface area (Å²) in [7, 11) is 1.32. The molecule has 9 nitrogen and oxygen atoms in total. The molecule has 162 valence electrons. The van der Waals surface area contributed by atoms with Gasteiger partial charge in [0.2, 0.25) is 0 Å². The summed E-state index contributed by atoms with van der Waals surface area (Å²) >= 11 is 0. The molecule has 1 atom stereocenters. The van der Waals surface area contributed by atoms with Crippen LogP contribution in [0.5, 0.6) is 0 Å². The standard InChI is InChI=1S/C21H29N5O4/c1-3-30-19(27)13-26-9-5-4-6-17(22)20-23-11-18(25-20)16-8-7-15(10-14(16)12-26)24-21(28)29-2/h7-8,10-11,17H,3-6,9,12-13,22H2,1-2H3,(H,23,25)(H,24,28). The van der Waals surface area contributed by atoms with Crippen molar-refractivity contribution in [2.75, 3.05) is 32.1 Å². The molecule has 1 aliphatic heterocycles. The number of amides is 1. The van der Waals surface area contributed by atoms with Gasteiger partial charge in [-0.2, -0.15) is 0 Å². The lowest BCUT2D eigenvalue weighted by molar-refractivity contribution is -0.144. The number of benzene rings is 1. The van der Waals surface area contributed by atoms with Crippen molar-refractivity contribution in [1.82, 2.24) is 14.9 Å². The first kappa shape index (κ1) is 21.8. The zero-order chi connectivity index (χ0) is 21.5. The molecular weight excluding hydrogens is 386 g/mol. The number of carbonyl (C=O) groups excluding carboxylic acids is 2. The molecule has 4 N–H and O–H groups in total. The minimum Gasteiger partial charge on any atom is -0.465 e. The van der Waals surface area contributed by atoms with Crippen LogP contribution in [0, 0.1) is 0 Å². The Labute approximate surface area is 175 Å². The van der Waals surface area contributed by atoms with Gasteiger partial charge in [-0.25, -0.2) is 9.78 Å². The molecule has 9 heteroatoms. The van der Waals surface area contributed by atoms with Gasteiger partial charge in [0.05, 0.1) is 32.0 Å². The number of rotatable bonds is 4. The number of anilines is 1. The molecule has 1 aromatic heterocycles. The van der Waals surface area contributed by atoms with Crippen molar-refractivity contribution in [2.24, 2.45) is 5.73 Å². The average molecular weight is 415 g/mol. The van der Waals surface area contributed by atoms with E-state index in [1.54, 1.807) is 13.0 Å². The first-order valence-corrected chi connectivity index (χ1v) is 10.2. The van der Waals surface area contributed by atoms with Crippen LogP contribution in [0.1, 0.15) is 43.6 Å². The van der Waals surface area contributed by atoms with Crippen molar-refractivity contribution >= 4 is 17.7 Å². The fourth-order valence-corrected chi connectivity index (χ4v) is 3.57. The molecule has 0 aliphatic carbocycles. The number of ether oxygens (including phenoxy) is 2. The molecule has 0 saturated heterocycles. The van der Waals surface area contributed by atoms with Crippen molar-refractivity contribution < 1.29 is 19.1 Å². The number of nitrogens with zero attached hydrogens (tertiary/aromatic N) is 2. The van der Waals surface area contributed by atoms with E-state index in [2.05, 4.69) is 20.2 Å². The smallest absolute Gasteiger partial charge is 0.411 e. The van der Waals surface area contributed by atoms with Crippen molar-refractivity contribution in [3.63, 3.8) is 0 Å². The normalized spacial score (nSPS) is 17.2. The minimum absolute atomic E-state index is 0.166. The summed E-state index contributed by atoms with van der Waals surface area (Å²) in [5.41, 5.74) is 9.51. The van der Waals surface area contributed by atoms with Gasteiger partial charge in [0.1, 0.15) is 5.82 Å². The molecule has 3 rings (SSSR count). The van der Waals surface area contributed by atoms with Crippen LogP contribution in [0.3, 0.4) is 0 Å². The van der Waals surface area contributed by atoms with E-state index in [1.807, 2.05) is 18.3 Å². The van der Waals surface area contributed by atoms with Crippen LogP contribution in [-0.4, -0.2) is 53.7 Å². The number of imidazole rings is 1. The van der Waals surface area contributed by atoms with E-state index in [4.69, 9.17) is 15.2 Å². The second-order valence-electron chi connectivity index (χ2n) is 7.28. The number of fused-ring (bicyclic) bond motifs is 4. The Morgan fingerprint density at radius 3 is 2.97 bits per heavy atom. The molecule has 0 saturated carbocycles. The molecule has 1 aliphatic rings. The summed E-state index contributed by atoms with van der Waals surface area (Å²) < 4.78 is 9.84. The zero-order valence-electron chi connectivity index (χ0n) is 17.4. The molecule has 1 amide bonds. The Balaban J connectivity index is 1.97. The molecular formula is C21H29N5O4. The number of methoxy groups -OCH3 is 1. The van der Waals surface area contributed by atoms with E-state index in [-0.39, 0.29) is 18.6 Å². The summed E-state index contributed by atoms with van der Waals surface area (Å²) in [6, 6.07) is 5.41. The molecule has 1 aromatic carbocycles. The van der Waals surface area contributed by atoms with E-state index in [1.165, 1.54) is 7.11 Å². The van der Waals surface area contributed by atoms with E-state index in [9.17, 15) is 9.59 Å². The highest BCUT2D eigenvalue weighted by Crippen LogP contribution is 2.29. The van der Waals surface area contributed by atoms with Gasteiger partial charge in [-0.15, -0.1) is 0 Å². The number of aromatic amines is 1. The van der Waals surface area contributed by atoms with Crippen LogP contribution >= 0.6 is 0 Å². The molecule has 30 heavy (non-hydrogen) atoms. The predicted octanol–water partition coefficient (Wildman–Crippen LogP) is 2.80. The SMILES string of the molecule is CCOC(=O)CN1CCCCC(N)c2nc(c[nH]2)-c2ccc(NC(=O)OC)cc2C1. The second-order valence-corrected chi connectivity index (χ2v) is 7.28. The number of nitrogens with one attached hydrogen (secondary N) is 2. The van der Waals surface area contributed by atoms with E-state index in [0.717, 1.165) is 48.5 Å². The van der Waals surface area contributed by atoms with Gasteiger partial charge in [0.15, 0.2) is 0 Å². The number of aromatic nitrogens is 2. The summed E-state index contributed by atoms with van der Waals surface area (Å²) in [4.78, 5) is 33.7. The monoisotopic (exact) mass is 415 g/mol. The highest BCUT2D eigenvalue weighted by Gasteiger charge is 2.19. The Hall–Kier alpha value is -2.91. The quantitative estimate of drug-likeness (QED) is 0.656. The fraction of sp³-hybridized carbons (Fsp3) is 0.476. The summed E-state index contributed by atoms with van der Waals surface area (Å²) in [6.07, 6.45) is 3.94. The van der Waals surface area contributed by atoms with E-state index < -0.39 is 6.09 Å². The second kappa shape index (κ2) is 10.2. The van der Waals surface area contributed by atoms with Crippen molar-refractivity contribution in [3.8, 4) is 11.3 Å². The third-order valence-electron chi connectivity index (χ3n) is 5.05. The Kier molecular flexibility index (Phi) is 7.42. The number of hydrogen-bond acceptors (Lipinski definition) is 7. The average Bonchev–Trinajstić information content (AvgIpc) is 3.20. The number of hydrogen-bond donors (Lipinski definition) is 3. The Morgan fingerprint density at radius 1 is 1.37 bits per heavy atom. The molecule has 2 heterocycles. The lowest BCUT2D eigenvalue weighted by atomic mass is 10.0. The van der Waals surface area contributed by atoms with E-state index >= 15 is 0 Å². The molecule has 1 unspecified atom stereocenters. The maximum Gasteiger partial charge on any atom is 0.411 e. The lowest BCUT2D eigenvalue weighted by Crippen LogP contribution is -2.32. The third kappa shape index (κ3) is 5.58. The first-order chi connectivity index (χ1) is 14.5. The largest absolute Gasteiger partial charge is 0.465 e. The van der Waals surface area contributed by atoms with Crippen LogP contribution < -0.4 is 11.1 Å². The fourth-order valence-electron chi connectivity index (χ4n) is 3.57. The molecule has 0 spiro atoms. The Morgan fingerprint density at radius 2 is 2.20 bits per heavy atom. The maximum absolute atomic E-state index is 12.1. The van der Waals surface area contributed by atoms with Crippen LogP contribution in [0.15, 0.2) is 24.4 Å².